The summed E-state index contributed by atoms with van der Waals surface area (Å²) in [4.78, 5) is 29.3. The summed E-state index contributed by atoms with van der Waals surface area (Å²) in [7, 11) is 0. The van der Waals surface area contributed by atoms with E-state index in [0.29, 0.717) is 52.8 Å². The van der Waals surface area contributed by atoms with E-state index in [2.05, 4.69) is 15.9 Å². The normalized spacial score (nSPS) is 28.8. The topological polar surface area (TPSA) is 143 Å². The van der Waals surface area contributed by atoms with Gasteiger partial charge in [-0.05, 0) is 75.8 Å². The lowest BCUT2D eigenvalue weighted by Crippen LogP contribution is -2.97. The van der Waals surface area contributed by atoms with E-state index in [-0.39, 0.29) is 72.1 Å². The molecule has 5 atom stereocenters. The Balaban J connectivity index is 1.13. The predicted molar refractivity (Wildman–Crippen MR) is 186 cm³/mol. The number of piperidine rings is 1. The first-order valence-corrected chi connectivity index (χ1v) is 18.1. The van der Waals surface area contributed by atoms with Gasteiger partial charge < -0.3 is 29.3 Å². The predicted octanol–water partition coefficient (Wildman–Crippen LogP) is 5.96. The fraction of sp³-hybridized carbons (Fsp3) is 0.526. The number of anilines is 2. The third-order valence-electron chi connectivity index (χ3n) is 12.5. The molecule has 7 heterocycles. The number of amides is 1. The average Bonchev–Trinajstić information content (AvgIpc) is 3.83. The van der Waals surface area contributed by atoms with Crippen LogP contribution >= 0.6 is 0 Å². The van der Waals surface area contributed by atoms with Crippen molar-refractivity contribution in [3.63, 3.8) is 0 Å². The Labute approximate surface area is 298 Å². The Hall–Kier alpha value is -4.74. The van der Waals surface area contributed by atoms with Crippen molar-refractivity contribution in [3.05, 3.63) is 40.7 Å². The van der Waals surface area contributed by atoms with Gasteiger partial charge in [0.05, 0.1) is 41.8 Å². The second kappa shape index (κ2) is 10.7. The van der Waals surface area contributed by atoms with Crippen LogP contribution in [0.1, 0.15) is 69.6 Å². The highest BCUT2D eigenvalue weighted by molar-refractivity contribution is 6.05. The van der Waals surface area contributed by atoms with Gasteiger partial charge >= 0.3 is 12.1 Å². The summed E-state index contributed by atoms with van der Waals surface area (Å²) in [6.07, 6.45) is 2.52. The molecule has 52 heavy (non-hydrogen) atoms. The maximum Gasteiger partial charge on any atom is 0.410 e. The number of nitrogen functional groups attached to an aromatic ring is 1. The van der Waals surface area contributed by atoms with E-state index in [1.165, 1.54) is 0 Å². The molecule has 2 aromatic carbocycles. The van der Waals surface area contributed by atoms with E-state index < -0.39 is 23.1 Å². The lowest BCUT2D eigenvalue weighted by Gasteiger charge is -2.80. The second-order valence-corrected chi connectivity index (χ2v) is 16.2. The molecule has 4 unspecified atom stereocenters. The van der Waals surface area contributed by atoms with E-state index >= 15 is 4.39 Å². The molecular weight excluding hydrogens is 672 g/mol. The van der Waals surface area contributed by atoms with E-state index in [1.54, 1.807) is 18.2 Å². The number of aromatic nitrogens is 2. The van der Waals surface area contributed by atoms with Gasteiger partial charge in [0.15, 0.2) is 5.82 Å². The molecule has 0 radical (unpaired) electrons. The van der Waals surface area contributed by atoms with Gasteiger partial charge in [-0.2, -0.15) is 15.2 Å². The number of nitrogens with zero attached hydrogens (tertiary/aromatic N) is 6. The summed E-state index contributed by atoms with van der Waals surface area (Å²) < 4.78 is 56.1. The number of nitriles is 1. The minimum absolute atomic E-state index is 0.0124. The first-order valence-electron chi connectivity index (χ1n) is 18.1. The molecule has 0 bridgehead atoms. The average molecular weight is 712 g/mol. The van der Waals surface area contributed by atoms with Crippen molar-refractivity contribution in [2.75, 3.05) is 36.9 Å². The van der Waals surface area contributed by atoms with Crippen LogP contribution in [0.5, 0.6) is 6.01 Å². The molecule has 1 aliphatic carbocycles. The van der Waals surface area contributed by atoms with E-state index in [1.807, 2.05) is 25.7 Å². The third kappa shape index (κ3) is 4.14. The second-order valence-electron chi connectivity index (χ2n) is 16.2. The molecular formula is C38H39F2N7O5. The maximum atomic E-state index is 17.5. The van der Waals surface area contributed by atoms with E-state index in [0.717, 1.165) is 37.8 Å². The molecule has 6 aliphatic rings. The highest BCUT2D eigenvalue weighted by Gasteiger charge is 2.77. The van der Waals surface area contributed by atoms with Crippen molar-refractivity contribution in [1.82, 2.24) is 19.8 Å². The number of carbonyl (C=O) groups excluding carboxylic acids is 1. The zero-order valence-electron chi connectivity index (χ0n) is 29.3. The van der Waals surface area contributed by atoms with Gasteiger partial charge in [0.1, 0.15) is 46.9 Å². The number of halogens is 2. The molecule has 4 saturated heterocycles. The van der Waals surface area contributed by atoms with Crippen molar-refractivity contribution in [3.8, 4) is 23.2 Å². The highest BCUT2D eigenvalue weighted by atomic mass is 19.1. The van der Waals surface area contributed by atoms with Crippen LogP contribution in [0.25, 0.3) is 33.0 Å². The Morgan fingerprint density at radius 2 is 1.98 bits per heavy atom. The van der Waals surface area contributed by atoms with E-state index in [4.69, 9.17) is 34.3 Å². The van der Waals surface area contributed by atoms with Crippen molar-refractivity contribution >= 4 is 39.7 Å². The van der Waals surface area contributed by atoms with Gasteiger partial charge in [-0.3, -0.25) is 9.80 Å². The van der Waals surface area contributed by atoms with Crippen LogP contribution in [0.2, 0.25) is 0 Å². The minimum atomic E-state index is -0.933. The number of nitrogens with two attached hydrogens (primary N) is 1. The Bertz CT molecular complexity index is 2260. The lowest BCUT2D eigenvalue weighted by atomic mass is 9.52. The molecule has 1 saturated carbocycles. The van der Waals surface area contributed by atoms with Crippen molar-refractivity contribution in [1.29, 1.82) is 5.26 Å². The van der Waals surface area contributed by atoms with Crippen LogP contribution < -0.4 is 15.4 Å². The highest BCUT2D eigenvalue weighted by Crippen LogP contribution is 2.63. The number of ether oxygens (including phenoxy) is 3. The number of likely N-dealkylation sites (tertiary alicyclic amines) is 1. The summed E-state index contributed by atoms with van der Waals surface area (Å²) in [6, 6.07) is 7.24. The maximum absolute atomic E-state index is 17.5. The fourth-order valence-corrected chi connectivity index (χ4v) is 10.2. The van der Waals surface area contributed by atoms with Crippen molar-refractivity contribution in [2.45, 2.75) is 101 Å². The molecule has 12 nitrogen and oxygen atoms in total. The quantitative estimate of drug-likeness (QED) is 0.262. The Kier molecular flexibility index (Phi) is 6.55. The van der Waals surface area contributed by atoms with Crippen LogP contribution in [0, 0.1) is 17.1 Å². The zero-order valence-corrected chi connectivity index (χ0v) is 29.3. The standard InChI is InChI=1S/C38H39F2N7O5/c1-36(2,3)52-35(48)46-15-26-38(46)10-8-25(38)47(26)33-29-23-17-49-16-22(23)28(20-6-4-7-24-27(20)21(13-41)32(42)51-24)30(40)31(29)43-34(44-33)50-18-37-9-5-11-45(37)14-19(39)12-37/h4,6-7,19,25-26H,5,8-12,14-18,42H2,1-3H3/t19?,25?,26?,37-,38?/m0/s1. The molecule has 4 aromatic rings. The third-order valence-corrected chi connectivity index (χ3v) is 12.5. The van der Waals surface area contributed by atoms with Crippen LogP contribution in [0.4, 0.5) is 25.3 Å². The summed E-state index contributed by atoms with van der Waals surface area (Å²) in [5.74, 6) is -0.0937. The SMILES string of the molecule is CC(C)(C)OC(=O)N1CC2N(c3nc(OC[C@@]45CCCN4CC(F)C5)nc4c(F)c(-c5cccc6oc(N)c(C#N)c56)c5c(c34)COC5)C3CCC321. The first-order chi connectivity index (χ1) is 24.9. The summed E-state index contributed by atoms with van der Waals surface area (Å²) in [5, 5.41) is 11.0. The lowest BCUT2D eigenvalue weighted by molar-refractivity contribution is -0.166. The minimum Gasteiger partial charge on any atom is -0.461 e. The first kappa shape index (κ1) is 32.0. The van der Waals surface area contributed by atoms with Crippen molar-refractivity contribution in [2.24, 2.45) is 0 Å². The number of rotatable bonds is 5. The molecule has 1 spiro atoms. The summed E-state index contributed by atoms with van der Waals surface area (Å²) in [6.45, 7) is 7.74. The molecule has 270 valence electrons. The van der Waals surface area contributed by atoms with Crippen LogP contribution in [0.15, 0.2) is 22.6 Å². The Morgan fingerprint density at radius 1 is 1.15 bits per heavy atom. The smallest absolute Gasteiger partial charge is 0.410 e. The van der Waals surface area contributed by atoms with Gasteiger partial charge in [-0.1, -0.05) is 12.1 Å². The number of hydrogen-bond acceptors (Lipinski definition) is 11. The largest absolute Gasteiger partial charge is 0.461 e. The molecule has 2 N–H and O–H groups in total. The number of hydrogen-bond donors (Lipinski definition) is 1. The number of alkyl halides is 1. The molecule has 2 aromatic heterocycles. The monoisotopic (exact) mass is 711 g/mol. The van der Waals surface area contributed by atoms with Crippen LogP contribution in [0.3, 0.4) is 0 Å². The van der Waals surface area contributed by atoms with Crippen LogP contribution in [-0.2, 0) is 22.7 Å². The molecule has 10 rings (SSSR count). The van der Waals surface area contributed by atoms with Gasteiger partial charge in [0.25, 0.3) is 0 Å². The van der Waals surface area contributed by atoms with Crippen LogP contribution in [-0.4, -0.2) is 87.0 Å². The zero-order chi connectivity index (χ0) is 35.9. The van der Waals surface area contributed by atoms with Gasteiger partial charge in [0, 0.05) is 30.5 Å². The molecule has 5 fully saturated rings. The number of carbonyl (C=O) groups is 1. The molecule has 5 aliphatic heterocycles. The fourth-order valence-electron chi connectivity index (χ4n) is 10.2. The number of fused-ring (bicyclic) bond motifs is 5. The molecule has 1 amide bonds. The summed E-state index contributed by atoms with van der Waals surface area (Å²) >= 11 is 0. The van der Waals surface area contributed by atoms with Gasteiger partial charge in [-0.15, -0.1) is 0 Å². The van der Waals surface area contributed by atoms with Gasteiger partial charge in [0.2, 0.25) is 5.88 Å². The molecule has 14 heteroatoms. The summed E-state index contributed by atoms with van der Waals surface area (Å²) in [5.41, 5.74) is 7.33. The van der Waals surface area contributed by atoms with Gasteiger partial charge in [-0.25, -0.2) is 13.6 Å². The van der Waals surface area contributed by atoms with Crippen molar-refractivity contribution < 1.29 is 32.2 Å². The Morgan fingerprint density at radius 3 is 2.73 bits per heavy atom. The number of furan rings is 1. The van der Waals surface area contributed by atoms with E-state index in [9.17, 15) is 14.4 Å². The number of piperazine rings is 1. The number of benzene rings is 2.